The molecule has 1 N–H and O–H groups in total. The minimum absolute atomic E-state index is 0.0884. The number of rotatable bonds is 1. The van der Waals surface area contributed by atoms with Gasteiger partial charge in [0.15, 0.2) is 0 Å². The fraction of sp³-hybridized carbons (Fsp3) is 0.909. The zero-order valence-electron chi connectivity index (χ0n) is 9.35. The number of nitrogens with zero attached hydrogens (tertiary/aromatic N) is 1. The molecule has 1 amide bonds. The lowest BCUT2D eigenvalue weighted by Gasteiger charge is -2.35. The molecule has 0 saturated carbocycles. The van der Waals surface area contributed by atoms with Crippen LogP contribution in [0, 0.1) is 0 Å². The zero-order valence-corrected chi connectivity index (χ0v) is 9.35. The Morgan fingerprint density at radius 2 is 2.12 bits per heavy atom. The van der Waals surface area contributed by atoms with Crippen LogP contribution in [0.4, 0.5) is 8.78 Å². The number of alkyl halides is 2. The molecule has 2 fully saturated rings. The van der Waals surface area contributed by atoms with E-state index < -0.39 is 12.5 Å². The van der Waals surface area contributed by atoms with Gasteiger partial charge >= 0.3 is 0 Å². The molecule has 16 heavy (non-hydrogen) atoms. The highest BCUT2D eigenvalue weighted by Gasteiger charge is 2.38. The smallest absolute Gasteiger partial charge is 0.265 e. The molecule has 92 valence electrons. The molecule has 0 bridgehead atoms. The number of nitrogens with one attached hydrogen (secondary N) is 1. The molecule has 2 saturated heterocycles. The summed E-state index contributed by atoms with van der Waals surface area (Å²) >= 11 is 0. The monoisotopic (exact) mass is 232 g/mol. The maximum Gasteiger partial charge on any atom is 0.265 e. The van der Waals surface area contributed by atoms with E-state index in [2.05, 4.69) is 5.32 Å². The Bertz CT molecular complexity index is 265. The van der Waals surface area contributed by atoms with Crippen LogP contribution in [0.3, 0.4) is 0 Å². The van der Waals surface area contributed by atoms with Crippen molar-refractivity contribution >= 4 is 5.91 Å². The van der Waals surface area contributed by atoms with E-state index in [0.29, 0.717) is 13.0 Å². The van der Waals surface area contributed by atoms with Crippen molar-refractivity contribution in [1.82, 2.24) is 10.2 Å². The summed E-state index contributed by atoms with van der Waals surface area (Å²) in [7, 11) is 0. The van der Waals surface area contributed by atoms with Gasteiger partial charge in [-0.3, -0.25) is 4.79 Å². The second-order valence-corrected chi connectivity index (χ2v) is 4.72. The summed E-state index contributed by atoms with van der Waals surface area (Å²) in [6, 6.07) is -0.234. The van der Waals surface area contributed by atoms with Crippen molar-refractivity contribution < 1.29 is 13.6 Å². The second-order valence-electron chi connectivity index (χ2n) is 4.72. The molecule has 0 spiro atoms. The highest BCUT2D eigenvalue weighted by atomic mass is 19.3. The number of hydrogen-bond donors (Lipinski definition) is 1. The van der Waals surface area contributed by atoms with E-state index in [-0.39, 0.29) is 18.4 Å². The first-order valence-electron chi connectivity index (χ1n) is 5.98. The van der Waals surface area contributed by atoms with Gasteiger partial charge in [0.05, 0.1) is 12.6 Å². The first-order valence-corrected chi connectivity index (χ1v) is 5.98. The Labute approximate surface area is 94.2 Å². The van der Waals surface area contributed by atoms with Crippen molar-refractivity contribution in [3.63, 3.8) is 0 Å². The van der Waals surface area contributed by atoms with Gasteiger partial charge in [0.25, 0.3) is 5.92 Å². The summed E-state index contributed by atoms with van der Waals surface area (Å²) < 4.78 is 26.3. The molecule has 2 aliphatic rings. The number of hydrogen-bond acceptors (Lipinski definition) is 2. The molecule has 3 nitrogen and oxygen atoms in total. The molecule has 1 atom stereocenters. The molecular weight excluding hydrogens is 214 g/mol. The van der Waals surface area contributed by atoms with Crippen LogP contribution < -0.4 is 5.32 Å². The van der Waals surface area contributed by atoms with E-state index in [4.69, 9.17) is 0 Å². The summed E-state index contributed by atoms with van der Waals surface area (Å²) in [5.41, 5.74) is 0. The third kappa shape index (κ3) is 2.70. The molecule has 5 heteroatoms. The topological polar surface area (TPSA) is 32.3 Å². The molecule has 0 aromatic rings. The summed E-state index contributed by atoms with van der Waals surface area (Å²) in [4.78, 5) is 13.3. The van der Waals surface area contributed by atoms with Gasteiger partial charge in [-0.05, 0) is 25.8 Å². The lowest BCUT2D eigenvalue weighted by molar-refractivity contribution is -0.144. The molecular formula is C11H18F2N2O. The molecule has 2 heterocycles. The van der Waals surface area contributed by atoms with E-state index in [0.717, 1.165) is 25.8 Å². The Morgan fingerprint density at radius 1 is 1.31 bits per heavy atom. The number of carbonyl (C=O) groups is 1. The molecule has 0 aliphatic carbocycles. The minimum Gasteiger partial charge on any atom is -0.335 e. The van der Waals surface area contributed by atoms with E-state index in [1.54, 1.807) is 0 Å². The van der Waals surface area contributed by atoms with E-state index in [1.165, 1.54) is 4.90 Å². The van der Waals surface area contributed by atoms with Crippen LogP contribution in [-0.4, -0.2) is 42.4 Å². The average molecular weight is 232 g/mol. The van der Waals surface area contributed by atoms with Crippen LogP contribution in [0.5, 0.6) is 0 Å². The molecule has 0 aromatic carbocycles. The van der Waals surface area contributed by atoms with Crippen molar-refractivity contribution in [3.05, 3.63) is 0 Å². The average Bonchev–Trinajstić information content (AvgIpc) is 2.28. The lowest BCUT2D eigenvalue weighted by atomic mass is 10.0. The summed E-state index contributed by atoms with van der Waals surface area (Å²) in [6.45, 7) is 0.900. The predicted octanol–water partition coefficient (Wildman–Crippen LogP) is 1.39. The van der Waals surface area contributed by atoms with Gasteiger partial charge in [0, 0.05) is 13.0 Å². The molecule has 2 rings (SSSR count). The molecule has 2 aliphatic heterocycles. The van der Waals surface area contributed by atoms with Gasteiger partial charge in [-0.1, -0.05) is 6.42 Å². The first kappa shape index (κ1) is 11.8. The predicted molar refractivity (Wildman–Crippen MR) is 56.4 cm³/mol. The highest BCUT2D eigenvalue weighted by Crippen LogP contribution is 2.27. The Morgan fingerprint density at radius 3 is 2.75 bits per heavy atom. The quantitative estimate of drug-likeness (QED) is 0.741. The maximum absolute atomic E-state index is 13.2. The van der Waals surface area contributed by atoms with E-state index in [9.17, 15) is 13.6 Å². The van der Waals surface area contributed by atoms with Gasteiger partial charge in [0.2, 0.25) is 5.91 Å². The first-order chi connectivity index (χ1) is 7.58. The SMILES string of the molecule is O=C([C@@H]1CCCCN1)N1CCCC(F)(F)C1. The Hall–Kier alpha value is -0.710. The third-order valence-electron chi connectivity index (χ3n) is 3.31. The number of halogens is 2. The van der Waals surface area contributed by atoms with Crippen LogP contribution in [0.2, 0.25) is 0 Å². The number of likely N-dealkylation sites (tertiary alicyclic amines) is 1. The largest absolute Gasteiger partial charge is 0.335 e. The minimum atomic E-state index is -2.69. The van der Waals surface area contributed by atoms with Crippen LogP contribution in [-0.2, 0) is 4.79 Å². The highest BCUT2D eigenvalue weighted by molar-refractivity contribution is 5.82. The molecule has 0 radical (unpaired) electrons. The van der Waals surface area contributed by atoms with Gasteiger partial charge in [-0.25, -0.2) is 8.78 Å². The molecule has 0 unspecified atom stereocenters. The Balaban J connectivity index is 1.93. The Kier molecular flexibility index (Phi) is 3.42. The van der Waals surface area contributed by atoms with E-state index >= 15 is 0 Å². The van der Waals surface area contributed by atoms with Crippen molar-refractivity contribution in [1.29, 1.82) is 0 Å². The van der Waals surface area contributed by atoms with Gasteiger partial charge in [-0.15, -0.1) is 0 Å². The van der Waals surface area contributed by atoms with Crippen LogP contribution in [0.25, 0.3) is 0 Å². The normalized spacial score (nSPS) is 30.1. The number of carbonyl (C=O) groups excluding carboxylic acids is 1. The van der Waals surface area contributed by atoms with Crippen molar-refractivity contribution in [2.24, 2.45) is 0 Å². The zero-order chi connectivity index (χ0) is 11.6. The van der Waals surface area contributed by atoms with Crippen molar-refractivity contribution in [2.75, 3.05) is 19.6 Å². The fourth-order valence-electron chi connectivity index (χ4n) is 2.44. The maximum atomic E-state index is 13.2. The summed E-state index contributed by atoms with van der Waals surface area (Å²) in [5.74, 6) is -2.83. The summed E-state index contributed by atoms with van der Waals surface area (Å²) in [5, 5.41) is 3.11. The second kappa shape index (κ2) is 4.65. The van der Waals surface area contributed by atoms with Gasteiger partial charge in [0.1, 0.15) is 0 Å². The van der Waals surface area contributed by atoms with Crippen LogP contribution in [0.15, 0.2) is 0 Å². The third-order valence-corrected chi connectivity index (χ3v) is 3.31. The van der Waals surface area contributed by atoms with Gasteiger partial charge < -0.3 is 10.2 Å². The molecule has 0 aromatic heterocycles. The van der Waals surface area contributed by atoms with Crippen LogP contribution >= 0.6 is 0 Å². The standard InChI is InChI=1S/C11H18F2N2O/c12-11(13)5-3-7-15(8-11)10(16)9-4-1-2-6-14-9/h9,14H,1-8H2/t9-/m0/s1. The van der Waals surface area contributed by atoms with Crippen LogP contribution in [0.1, 0.15) is 32.1 Å². The fourth-order valence-corrected chi connectivity index (χ4v) is 2.44. The van der Waals surface area contributed by atoms with Crippen molar-refractivity contribution in [3.8, 4) is 0 Å². The lowest BCUT2D eigenvalue weighted by Crippen LogP contribution is -2.53. The summed E-state index contributed by atoms with van der Waals surface area (Å²) in [6.07, 6.45) is 3.18. The van der Waals surface area contributed by atoms with Crippen molar-refractivity contribution in [2.45, 2.75) is 44.1 Å². The number of amides is 1. The van der Waals surface area contributed by atoms with E-state index in [1.807, 2.05) is 0 Å². The van der Waals surface area contributed by atoms with Gasteiger partial charge in [-0.2, -0.15) is 0 Å². The number of piperidine rings is 2.